The van der Waals surface area contributed by atoms with E-state index >= 15 is 0 Å². The van der Waals surface area contributed by atoms with Crippen molar-refractivity contribution in [1.29, 1.82) is 0 Å². The van der Waals surface area contributed by atoms with Crippen molar-refractivity contribution in [2.75, 3.05) is 0 Å². The third kappa shape index (κ3) is 1.40. The number of halogens is 2. The molecule has 4 heteroatoms. The lowest BCUT2D eigenvalue weighted by Crippen LogP contribution is -2.21. The molecule has 2 rings (SSSR count). The average Bonchev–Trinajstić information content (AvgIpc) is 2.92. The molecular formula is C11H10F2O2. The standard InChI is InChI=1S/C11H10F2O2/c1-6-4-9(13)7(5-8(6)12)11(2-3-11)10(14)15/h4-5H,2-3H2,1H3,(H,14,15). The predicted molar refractivity (Wildman–Crippen MR) is 49.6 cm³/mol. The van der Waals surface area contributed by atoms with Crippen LogP contribution >= 0.6 is 0 Å². The van der Waals surface area contributed by atoms with Crippen molar-refractivity contribution >= 4 is 5.97 Å². The second kappa shape index (κ2) is 3.02. The largest absolute Gasteiger partial charge is 0.481 e. The number of benzene rings is 1. The molecule has 15 heavy (non-hydrogen) atoms. The first kappa shape index (κ1) is 10.1. The number of aliphatic carboxylic acids is 1. The van der Waals surface area contributed by atoms with Gasteiger partial charge in [0, 0.05) is 5.56 Å². The summed E-state index contributed by atoms with van der Waals surface area (Å²) in [6, 6.07) is 2.06. The van der Waals surface area contributed by atoms with Gasteiger partial charge in [-0.25, -0.2) is 8.78 Å². The predicted octanol–water partition coefficient (Wildman–Crippen LogP) is 2.39. The lowest BCUT2D eigenvalue weighted by atomic mass is 9.94. The summed E-state index contributed by atoms with van der Waals surface area (Å²) in [5.41, 5.74) is -1.02. The van der Waals surface area contributed by atoms with Crippen LogP contribution in [-0.2, 0) is 10.2 Å². The summed E-state index contributed by atoms with van der Waals surface area (Å²) in [5, 5.41) is 8.95. The van der Waals surface area contributed by atoms with Crippen molar-refractivity contribution in [2.45, 2.75) is 25.2 Å². The van der Waals surface area contributed by atoms with E-state index in [1.807, 2.05) is 0 Å². The van der Waals surface area contributed by atoms with E-state index < -0.39 is 23.0 Å². The molecule has 0 saturated heterocycles. The molecule has 1 aromatic carbocycles. The van der Waals surface area contributed by atoms with Gasteiger partial charge in [-0.05, 0) is 37.5 Å². The molecule has 0 unspecified atom stereocenters. The molecule has 0 spiro atoms. The van der Waals surface area contributed by atoms with Crippen LogP contribution in [0, 0.1) is 18.6 Å². The number of carboxylic acids is 1. The summed E-state index contributed by atoms with van der Waals surface area (Å²) in [4.78, 5) is 10.9. The first-order valence-corrected chi connectivity index (χ1v) is 4.67. The molecule has 0 amide bonds. The van der Waals surface area contributed by atoms with Gasteiger partial charge in [0.1, 0.15) is 11.6 Å². The highest BCUT2D eigenvalue weighted by Crippen LogP contribution is 2.49. The second-order valence-corrected chi connectivity index (χ2v) is 3.97. The molecule has 1 saturated carbocycles. The van der Waals surface area contributed by atoms with E-state index in [-0.39, 0.29) is 11.1 Å². The van der Waals surface area contributed by atoms with Crippen LogP contribution in [0.15, 0.2) is 12.1 Å². The van der Waals surface area contributed by atoms with Crippen molar-refractivity contribution in [3.63, 3.8) is 0 Å². The molecule has 0 aliphatic heterocycles. The zero-order valence-electron chi connectivity index (χ0n) is 8.18. The molecule has 80 valence electrons. The van der Waals surface area contributed by atoms with Gasteiger partial charge in [-0.3, -0.25) is 4.79 Å². The molecular weight excluding hydrogens is 202 g/mol. The maximum Gasteiger partial charge on any atom is 0.314 e. The van der Waals surface area contributed by atoms with Gasteiger partial charge in [0.15, 0.2) is 0 Å². The summed E-state index contributed by atoms with van der Waals surface area (Å²) in [6.07, 6.45) is 0.753. The van der Waals surface area contributed by atoms with Crippen LogP contribution < -0.4 is 0 Å². The number of hydrogen-bond acceptors (Lipinski definition) is 1. The Morgan fingerprint density at radius 1 is 1.33 bits per heavy atom. The van der Waals surface area contributed by atoms with Crippen LogP contribution in [-0.4, -0.2) is 11.1 Å². The van der Waals surface area contributed by atoms with Crippen molar-refractivity contribution < 1.29 is 18.7 Å². The Kier molecular flexibility index (Phi) is 2.03. The van der Waals surface area contributed by atoms with Crippen LogP contribution in [0.3, 0.4) is 0 Å². The fraction of sp³-hybridized carbons (Fsp3) is 0.364. The molecule has 1 aliphatic rings. The Hall–Kier alpha value is -1.45. The second-order valence-electron chi connectivity index (χ2n) is 3.97. The third-order valence-corrected chi connectivity index (χ3v) is 2.92. The smallest absolute Gasteiger partial charge is 0.314 e. The van der Waals surface area contributed by atoms with Crippen molar-refractivity contribution in [1.82, 2.24) is 0 Å². The van der Waals surface area contributed by atoms with Gasteiger partial charge in [-0.2, -0.15) is 0 Å². The summed E-state index contributed by atoms with van der Waals surface area (Å²) in [6.45, 7) is 1.45. The summed E-state index contributed by atoms with van der Waals surface area (Å²) in [5.74, 6) is -2.27. The minimum Gasteiger partial charge on any atom is -0.481 e. The maximum atomic E-state index is 13.5. The highest BCUT2D eigenvalue weighted by atomic mass is 19.1. The molecule has 1 aromatic rings. The topological polar surface area (TPSA) is 37.3 Å². The number of carbonyl (C=O) groups is 1. The number of carboxylic acid groups (broad SMARTS) is 1. The van der Waals surface area contributed by atoms with Gasteiger partial charge in [0.25, 0.3) is 0 Å². The van der Waals surface area contributed by atoms with Gasteiger partial charge in [-0.15, -0.1) is 0 Å². The van der Waals surface area contributed by atoms with E-state index in [2.05, 4.69) is 0 Å². The number of rotatable bonds is 2. The summed E-state index contributed by atoms with van der Waals surface area (Å²) >= 11 is 0. The van der Waals surface area contributed by atoms with Crippen LogP contribution in [0.2, 0.25) is 0 Å². The lowest BCUT2D eigenvalue weighted by Gasteiger charge is -2.12. The Morgan fingerprint density at radius 2 is 1.93 bits per heavy atom. The van der Waals surface area contributed by atoms with Gasteiger partial charge in [-0.1, -0.05) is 0 Å². The van der Waals surface area contributed by atoms with Crippen molar-refractivity contribution in [3.8, 4) is 0 Å². The summed E-state index contributed by atoms with van der Waals surface area (Å²) < 4.78 is 26.7. The molecule has 1 aliphatic carbocycles. The molecule has 2 nitrogen and oxygen atoms in total. The number of hydrogen-bond donors (Lipinski definition) is 1. The lowest BCUT2D eigenvalue weighted by molar-refractivity contribution is -0.140. The Bertz CT molecular complexity index is 436. The SMILES string of the molecule is Cc1cc(F)c(C2(C(=O)O)CC2)cc1F. The zero-order chi connectivity index (χ0) is 11.2. The molecule has 1 fully saturated rings. The molecule has 0 heterocycles. The van der Waals surface area contributed by atoms with Gasteiger partial charge in [0.2, 0.25) is 0 Å². The maximum absolute atomic E-state index is 13.5. The van der Waals surface area contributed by atoms with Crippen LogP contribution in [0.1, 0.15) is 24.0 Å². The number of aryl methyl sites for hydroxylation is 1. The van der Waals surface area contributed by atoms with E-state index in [0.29, 0.717) is 12.8 Å². The zero-order valence-corrected chi connectivity index (χ0v) is 8.18. The van der Waals surface area contributed by atoms with Crippen molar-refractivity contribution in [3.05, 3.63) is 34.9 Å². The van der Waals surface area contributed by atoms with E-state index in [4.69, 9.17) is 5.11 Å². The van der Waals surface area contributed by atoms with E-state index in [1.54, 1.807) is 0 Å². The van der Waals surface area contributed by atoms with E-state index in [0.717, 1.165) is 12.1 Å². The minimum atomic E-state index is -1.18. The molecule has 0 atom stereocenters. The normalized spacial score (nSPS) is 17.5. The fourth-order valence-corrected chi connectivity index (χ4v) is 1.74. The average molecular weight is 212 g/mol. The first-order valence-electron chi connectivity index (χ1n) is 4.67. The van der Waals surface area contributed by atoms with Gasteiger partial charge < -0.3 is 5.11 Å². The highest BCUT2D eigenvalue weighted by molar-refractivity contribution is 5.85. The summed E-state index contributed by atoms with van der Waals surface area (Å²) in [7, 11) is 0. The fourth-order valence-electron chi connectivity index (χ4n) is 1.74. The Morgan fingerprint density at radius 3 is 2.40 bits per heavy atom. The Labute approximate surface area is 85.5 Å². The molecule has 0 aromatic heterocycles. The van der Waals surface area contributed by atoms with Crippen LogP contribution in [0.5, 0.6) is 0 Å². The molecule has 0 bridgehead atoms. The van der Waals surface area contributed by atoms with E-state index in [9.17, 15) is 13.6 Å². The van der Waals surface area contributed by atoms with E-state index in [1.165, 1.54) is 6.92 Å². The molecule has 1 N–H and O–H groups in total. The van der Waals surface area contributed by atoms with Gasteiger partial charge >= 0.3 is 5.97 Å². The highest BCUT2D eigenvalue weighted by Gasteiger charge is 2.53. The minimum absolute atomic E-state index is 0.0295. The first-order chi connectivity index (χ1) is 6.97. The van der Waals surface area contributed by atoms with Crippen LogP contribution in [0.25, 0.3) is 0 Å². The Balaban J connectivity index is 2.54. The van der Waals surface area contributed by atoms with Crippen LogP contribution in [0.4, 0.5) is 8.78 Å². The monoisotopic (exact) mass is 212 g/mol. The molecule has 0 radical (unpaired) electrons. The van der Waals surface area contributed by atoms with Gasteiger partial charge in [0.05, 0.1) is 5.41 Å². The van der Waals surface area contributed by atoms with Crippen molar-refractivity contribution in [2.24, 2.45) is 0 Å². The third-order valence-electron chi connectivity index (χ3n) is 2.92. The quantitative estimate of drug-likeness (QED) is 0.817.